The normalized spacial score (nSPS) is 21.4. The number of pyridine rings is 1. The Bertz CT molecular complexity index is 786. The van der Waals surface area contributed by atoms with Gasteiger partial charge in [0.1, 0.15) is 5.65 Å². The summed E-state index contributed by atoms with van der Waals surface area (Å²) in [7, 11) is 0. The molecule has 9 heteroatoms. The Morgan fingerprint density at radius 2 is 2.12 bits per heavy atom. The van der Waals surface area contributed by atoms with E-state index in [1.54, 1.807) is 24.5 Å². The van der Waals surface area contributed by atoms with Crippen LogP contribution in [0.25, 0.3) is 11.0 Å². The number of carbonyl (C=O) groups is 2. The van der Waals surface area contributed by atoms with Gasteiger partial charge in [-0.25, -0.2) is 4.98 Å². The summed E-state index contributed by atoms with van der Waals surface area (Å²) in [5, 5.41) is 0.740. The average molecular weight is 340 g/mol. The van der Waals surface area contributed by atoms with E-state index in [1.807, 2.05) is 0 Å². The lowest BCUT2D eigenvalue weighted by Gasteiger charge is -2.18. The first-order valence-corrected chi connectivity index (χ1v) is 7.32. The highest BCUT2D eigenvalue weighted by Gasteiger charge is 2.52. The second-order valence-corrected chi connectivity index (χ2v) is 5.85. The van der Waals surface area contributed by atoms with Gasteiger partial charge in [-0.05, 0) is 17.7 Å². The highest BCUT2D eigenvalue weighted by atomic mass is 19.4. The van der Waals surface area contributed by atoms with E-state index in [9.17, 15) is 22.8 Å². The van der Waals surface area contributed by atoms with Crippen LogP contribution in [0.2, 0.25) is 0 Å². The molecular formula is C15H15F3N4O2. The number of nitrogens with two attached hydrogens (primary N) is 1. The van der Waals surface area contributed by atoms with Crippen molar-refractivity contribution in [2.75, 3.05) is 13.1 Å². The maximum Gasteiger partial charge on any atom is 0.394 e. The summed E-state index contributed by atoms with van der Waals surface area (Å²) < 4.78 is 39.1. The maximum atomic E-state index is 13.0. The fourth-order valence-electron chi connectivity index (χ4n) is 3.06. The molecule has 1 fully saturated rings. The third kappa shape index (κ3) is 2.93. The number of aromatic nitrogens is 2. The van der Waals surface area contributed by atoms with Crippen LogP contribution in [0.4, 0.5) is 13.2 Å². The van der Waals surface area contributed by atoms with Gasteiger partial charge in [-0.2, -0.15) is 13.2 Å². The summed E-state index contributed by atoms with van der Waals surface area (Å²) in [6.07, 6.45) is -1.43. The van der Waals surface area contributed by atoms with Crippen LogP contribution in [0.1, 0.15) is 5.56 Å². The monoisotopic (exact) mass is 340 g/mol. The van der Waals surface area contributed by atoms with Crippen molar-refractivity contribution in [3.8, 4) is 0 Å². The smallest absolute Gasteiger partial charge is 0.369 e. The molecule has 2 atom stereocenters. The Labute approximate surface area is 134 Å². The van der Waals surface area contributed by atoms with Crippen molar-refractivity contribution in [1.82, 2.24) is 14.9 Å². The first kappa shape index (κ1) is 16.3. The number of primary amides is 1. The Hall–Kier alpha value is -2.58. The van der Waals surface area contributed by atoms with Crippen molar-refractivity contribution in [3.05, 3.63) is 30.1 Å². The van der Waals surface area contributed by atoms with Crippen LogP contribution in [-0.2, 0) is 16.0 Å². The van der Waals surface area contributed by atoms with Crippen molar-refractivity contribution >= 4 is 22.8 Å². The third-order valence-corrected chi connectivity index (χ3v) is 4.34. The Kier molecular flexibility index (Phi) is 3.94. The topological polar surface area (TPSA) is 92.1 Å². The van der Waals surface area contributed by atoms with Crippen molar-refractivity contribution in [1.29, 1.82) is 0 Å². The molecule has 2 aromatic heterocycles. The first-order valence-electron chi connectivity index (χ1n) is 7.32. The average Bonchev–Trinajstić information content (AvgIpc) is 3.11. The number of hydrogen-bond acceptors (Lipinski definition) is 3. The molecule has 0 bridgehead atoms. The molecule has 0 spiro atoms. The van der Waals surface area contributed by atoms with Crippen molar-refractivity contribution < 1.29 is 22.8 Å². The molecule has 2 aromatic rings. The summed E-state index contributed by atoms with van der Waals surface area (Å²) in [5.74, 6) is -4.83. The van der Waals surface area contributed by atoms with Crippen LogP contribution in [0, 0.1) is 11.8 Å². The van der Waals surface area contributed by atoms with Gasteiger partial charge in [0.15, 0.2) is 0 Å². The van der Waals surface area contributed by atoms with Gasteiger partial charge in [-0.1, -0.05) is 0 Å². The zero-order valence-electron chi connectivity index (χ0n) is 12.5. The van der Waals surface area contributed by atoms with Gasteiger partial charge in [0.05, 0.1) is 18.3 Å². The summed E-state index contributed by atoms with van der Waals surface area (Å²) in [6.45, 7) is -0.852. The summed E-state index contributed by atoms with van der Waals surface area (Å²) in [6, 6.07) is 3.49. The molecule has 0 unspecified atom stereocenters. The lowest BCUT2D eigenvalue weighted by Crippen LogP contribution is -2.37. The quantitative estimate of drug-likeness (QED) is 0.880. The van der Waals surface area contributed by atoms with Gasteiger partial charge in [-0.15, -0.1) is 0 Å². The van der Waals surface area contributed by atoms with Crippen molar-refractivity contribution in [3.63, 3.8) is 0 Å². The van der Waals surface area contributed by atoms with E-state index in [-0.39, 0.29) is 13.0 Å². The van der Waals surface area contributed by atoms with Gasteiger partial charge in [-0.3, -0.25) is 9.59 Å². The summed E-state index contributed by atoms with van der Waals surface area (Å²) in [4.78, 5) is 31.7. The lowest BCUT2D eigenvalue weighted by molar-refractivity contribution is -0.182. The molecule has 1 aliphatic rings. The number of rotatable bonds is 3. The summed E-state index contributed by atoms with van der Waals surface area (Å²) in [5.41, 5.74) is 6.32. The fraction of sp³-hybridized carbons (Fsp3) is 0.400. The largest absolute Gasteiger partial charge is 0.394 e. The molecule has 2 amide bonds. The number of fused-ring (bicyclic) bond motifs is 1. The van der Waals surface area contributed by atoms with Crippen molar-refractivity contribution in [2.24, 2.45) is 17.6 Å². The van der Waals surface area contributed by atoms with Crippen LogP contribution in [0.3, 0.4) is 0 Å². The lowest BCUT2D eigenvalue weighted by atomic mass is 9.95. The minimum Gasteiger partial charge on any atom is -0.369 e. The third-order valence-electron chi connectivity index (χ3n) is 4.34. The number of hydrogen-bond donors (Lipinski definition) is 2. The van der Waals surface area contributed by atoms with Crippen LogP contribution in [0.15, 0.2) is 24.5 Å². The van der Waals surface area contributed by atoms with E-state index in [0.29, 0.717) is 11.2 Å². The zero-order chi connectivity index (χ0) is 17.5. The molecule has 0 aromatic carbocycles. The number of likely N-dealkylation sites (tertiary alicyclic amines) is 1. The first-order chi connectivity index (χ1) is 11.3. The number of halogens is 3. The van der Waals surface area contributed by atoms with E-state index < -0.39 is 36.4 Å². The molecule has 1 aliphatic heterocycles. The zero-order valence-corrected chi connectivity index (χ0v) is 12.5. The molecule has 0 saturated carbocycles. The van der Waals surface area contributed by atoms with Gasteiger partial charge in [0, 0.05) is 30.9 Å². The predicted molar refractivity (Wildman–Crippen MR) is 78.6 cm³/mol. The Morgan fingerprint density at radius 3 is 2.75 bits per heavy atom. The molecule has 3 heterocycles. The second kappa shape index (κ2) is 5.81. The van der Waals surface area contributed by atoms with Gasteiger partial charge < -0.3 is 15.6 Å². The predicted octanol–water partition coefficient (Wildman–Crippen LogP) is 1.23. The van der Waals surface area contributed by atoms with Gasteiger partial charge >= 0.3 is 6.18 Å². The molecule has 1 saturated heterocycles. The highest BCUT2D eigenvalue weighted by molar-refractivity contribution is 5.88. The number of aromatic amines is 1. The molecule has 0 aliphatic carbocycles. The van der Waals surface area contributed by atoms with E-state index in [2.05, 4.69) is 9.97 Å². The van der Waals surface area contributed by atoms with E-state index in [1.165, 1.54) is 0 Å². The van der Waals surface area contributed by atoms with Crippen molar-refractivity contribution in [2.45, 2.75) is 12.6 Å². The summed E-state index contributed by atoms with van der Waals surface area (Å²) >= 11 is 0. The fourth-order valence-corrected chi connectivity index (χ4v) is 3.06. The molecule has 3 N–H and O–H groups in total. The number of nitrogens with one attached hydrogen (secondary N) is 1. The second-order valence-electron chi connectivity index (χ2n) is 5.85. The molecular weight excluding hydrogens is 325 g/mol. The minimum absolute atomic E-state index is 0.0677. The number of alkyl halides is 3. The van der Waals surface area contributed by atoms with Crippen LogP contribution < -0.4 is 5.73 Å². The van der Waals surface area contributed by atoms with Crippen LogP contribution >= 0.6 is 0 Å². The molecule has 24 heavy (non-hydrogen) atoms. The standard InChI is InChI=1S/C15H15F3N4O2/c16-15(17,18)11-7-22(6-10(11)13(19)24)12(23)4-8-5-21-14-9(8)2-1-3-20-14/h1-3,5,10-11H,4,6-7H2,(H2,19,24)(H,20,21)/t10-,11-/m1/s1. The van der Waals surface area contributed by atoms with Gasteiger partial charge in [0.25, 0.3) is 0 Å². The maximum absolute atomic E-state index is 13.0. The number of nitrogens with zero attached hydrogens (tertiary/aromatic N) is 2. The molecule has 128 valence electrons. The van der Waals surface area contributed by atoms with Gasteiger partial charge in [0.2, 0.25) is 11.8 Å². The molecule has 0 radical (unpaired) electrons. The van der Waals surface area contributed by atoms with Crippen LogP contribution in [-0.4, -0.2) is 45.9 Å². The van der Waals surface area contributed by atoms with Crippen LogP contribution in [0.5, 0.6) is 0 Å². The van der Waals surface area contributed by atoms with E-state index in [0.717, 1.165) is 10.3 Å². The Balaban J connectivity index is 1.77. The SMILES string of the molecule is NC(=O)[C@@H]1CN(C(=O)Cc2c[nH]c3ncccc23)C[C@H]1C(F)(F)F. The highest BCUT2D eigenvalue weighted by Crippen LogP contribution is 2.37. The number of H-pyrrole nitrogens is 1. The number of amides is 2. The van der Waals surface area contributed by atoms with E-state index in [4.69, 9.17) is 5.73 Å². The van der Waals surface area contributed by atoms with E-state index >= 15 is 0 Å². The number of carbonyl (C=O) groups excluding carboxylic acids is 2. The Morgan fingerprint density at radius 1 is 1.38 bits per heavy atom. The minimum atomic E-state index is -4.57. The molecule has 3 rings (SSSR count). The molecule has 6 nitrogen and oxygen atoms in total.